The van der Waals surface area contributed by atoms with E-state index in [1.165, 1.54) is 12.8 Å². The Morgan fingerprint density at radius 1 is 1.36 bits per heavy atom. The first-order chi connectivity index (χ1) is 13.6. The summed E-state index contributed by atoms with van der Waals surface area (Å²) in [7, 11) is 3.33. The summed E-state index contributed by atoms with van der Waals surface area (Å²) in [6.07, 6.45) is 5.04. The molecule has 28 heavy (non-hydrogen) atoms. The molecule has 5 rings (SSSR count). The van der Waals surface area contributed by atoms with Crippen molar-refractivity contribution in [2.24, 2.45) is 7.05 Å². The fourth-order valence-electron chi connectivity index (χ4n) is 4.25. The van der Waals surface area contributed by atoms with Crippen LogP contribution in [0.15, 0.2) is 36.5 Å². The fourth-order valence-corrected chi connectivity index (χ4v) is 4.25. The largest absolute Gasteiger partial charge is 0.465 e. The number of ether oxygens (including phenoxy) is 1. The molecule has 0 aliphatic carbocycles. The van der Waals surface area contributed by atoms with Gasteiger partial charge in [-0.1, -0.05) is 0 Å². The highest BCUT2D eigenvalue weighted by atomic mass is 16.5. The molecule has 1 aliphatic heterocycles. The molecular formula is C20H24N6O2. The third-order valence-electron chi connectivity index (χ3n) is 5.57. The van der Waals surface area contributed by atoms with Crippen molar-refractivity contribution in [2.45, 2.75) is 25.3 Å². The molecule has 0 amide bonds. The van der Waals surface area contributed by atoms with Gasteiger partial charge in [0.2, 0.25) is 0 Å². The van der Waals surface area contributed by atoms with Gasteiger partial charge in [0.15, 0.2) is 0 Å². The molecule has 0 saturated carbocycles. The Morgan fingerprint density at radius 3 is 3.07 bits per heavy atom. The van der Waals surface area contributed by atoms with Crippen LogP contribution in [0.25, 0.3) is 16.7 Å². The van der Waals surface area contributed by atoms with Crippen LogP contribution in [0, 0.1) is 0 Å². The molecule has 4 aromatic rings. The monoisotopic (exact) mass is 380 g/mol. The van der Waals surface area contributed by atoms with E-state index in [1.807, 2.05) is 34.7 Å². The molecule has 0 radical (unpaired) electrons. The van der Waals surface area contributed by atoms with Crippen LogP contribution in [0.3, 0.4) is 0 Å². The highest BCUT2D eigenvalue weighted by molar-refractivity contribution is 5.94. The average molecular weight is 380 g/mol. The number of rotatable bonds is 4. The second kappa shape index (κ2) is 6.40. The minimum atomic E-state index is -0.311. The Kier molecular flexibility index (Phi) is 3.85. The van der Waals surface area contributed by atoms with Gasteiger partial charge in [0, 0.05) is 50.3 Å². The third kappa shape index (κ3) is 2.64. The van der Waals surface area contributed by atoms with Crippen LogP contribution < -0.4 is 4.90 Å². The molecule has 1 unspecified atom stereocenters. The number of aryl methyl sites for hydroxylation is 1. The van der Waals surface area contributed by atoms with Crippen LogP contribution in [0.5, 0.6) is 0 Å². The molecule has 0 bridgehead atoms. The second-order valence-electron chi connectivity index (χ2n) is 7.29. The zero-order valence-electron chi connectivity index (χ0n) is 15.9. The van der Waals surface area contributed by atoms with Gasteiger partial charge in [-0.25, -0.2) is 9.78 Å². The quantitative estimate of drug-likeness (QED) is 0.551. The number of benzene rings is 1. The van der Waals surface area contributed by atoms with Crippen LogP contribution in [0.1, 0.15) is 30.3 Å². The van der Waals surface area contributed by atoms with Gasteiger partial charge < -0.3 is 14.6 Å². The molecule has 4 heterocycles. The molecule has 0 spiro atoms. The van der Waals surface area contributed by atoms with Crippen LogP contribution in [0.2, 0.25) is 0 Å². The summed E-state index contributed by atoms with van der Waals surface area (Å²) in [4.78, 5) is 23.8. The van der Waals surface area contributed by atoms with Gasteiger partial charge in [-0.2, -0.15) is 9.31 Å². The van der Waals surface area contributed by atoms with E-state index in [1.54, 1.807) is 6.07 Å². The molecule has 1 aliphatic rings. The van der Waals surface area contributed by atoms with Gasteiger partial charge in [0.05, 0.1) is 12.7 Å². The summed E-state index contributed by atoms with van der Waals surface area (Å²) in [5.74, 6) is 1.56. The van der Waals surface area contributed by atoms with E-state index in [0.717, 1.165) is 48.3 Å². The number of hydrogen-bond acceptors (Lipinski definition) is 5. The van der Waals surface area contributed by atoms with Crippen molar-refractivity contribution in [3.8, 4) is 0 Å². The van der Waals surface area contributed by atoms with Gasteiger partial charge >= 0.3 is 5.97 Å². The lowest BCUT2D eigenvalue weighted by atomic mass is 10.1. The van der Waals surface area contributed by atoms with E-state index in [2.05, 4.69) is 32.1 Å². The molecule has 3 aromatic heterocycles. The summed E-state index contributed by atoms with van der Waals surface area (Å²) >= 11 is 0. The van der Waals surface area contributed by atoms with Crippen LogP contribution in [0.4, 0.5) is 5.82 Å². The standard InChI is InChI=1S/C20H22N6O2.H2/c1-24-23-20-21-8-7-18(26(20)24)25-9-3-4-16(25)12-15-11-14-10-13(19(27)28-2)5-6-17(14)22-15;/h5-8,10-11,16,22H,3-4,9,12H2,1-2H3;1H. The third-order valence-corrected chi connectivity index (χ3v) is 5.57. The van der Waals surface area contributed by atoms with Crippen molar-refractivity contribution in [3.05, 3.63) is 47.8 Å². The Bertz CT molecular complexity index is 1180. The average Bonchev–Trinajstić information content (AvgIpc) is 3.31. The van der Waals surface area contributed by atoms with Crippen molar-refractivity contribution >= 4 is 28.5 Å². The number of H-pyrrole nitrogens is 1. The normalized spacial score (nSPS) is 17.1. The molecular weight excluding hydrogens is 356 g/mol. The number of hydrogen-bond donors (Lipinski definition) is 1. The lowest BCUT2D eigenvalue weighted by Crippen LogP contribution is -2.35. The molecule has 1 atom stereocenters. The predicted molar refractivity (Wildman–Crippen MR) is 108 cm³/mol. The molecule has 8 nitrogen and oxygen atoms in total. The molecule has 1 saturated heterocycles. The zero-order chi connectivity index (χ0) is 19.3. The number of nitrogens with zero attached hydrogens (tertiary/aromatic N) is 5. The number of aromatic nitrogens is 5. The van der Waals surface area contributed by atoms with Crippen LogP contribution >= 0.6 is 0 Å². The Labute approximate surface area is 163 Å². The first-order valence-electron chi connectivity index (χ1n) is 9.47. The summed E-state index contributed by atoms with van der Waals surface area (Å²) < 4.78 is 6.87. The number of carbonyl (C=O) groups excluding carboxylic acids is 1. The first kappa shape index (κ1) is 16.9. The van der Waals surface area contributed by atoms with Crippen molar-refractivity contribution < 1.29 is 11.0 Å². The number of aromatic amines is 1. The van der Waals surface area contributed by atoms with E-state index in [9.17, 15) is 4.79 Å². The number of fused-ring (bicyclic) bond motifs is 2. The zero-order valence-corrected chi connectivity index (χ0v) is 15.9. The Morgan fingerprint density at radius 2 is 2.25 bits per heavy atom. The Balaban J connectivity index is 0.00000205. The predicted octanol–water partition coefficient (Wildman–Crippen LogP) is 2.79. The van der Waals surface area contributed by atoms with Crippen LogP contribution in [-0.2, 0) is 18.2 Å². The lowest BCUT2D eigenvalue weighted by Gasteiger charge is -2.29. The maximum atomic E-state index is 11.8. The van der Waals surface area contributed by atoms with Crippen molar-refractivity contribution in [2.75, 3.05) is 18.6 Å². The number of nitrogens with one attached hydrogen (secondary N) is 1. The highest BCUT2D eigenvalue weighted by Gasteiger charge is 2.28. The maximum absolute atomic E-state index is 11.8. The molecule has 146 valence electrons. The summed E-state index contributed by atoms with van der Waals surface area (Å²) in [5, 5.41) is 5.33. The SMILES string of the molecule is COC(=O)c1ccc2[nH]c(CC3CCCN3c3ccnc4nn(C)n34)cc2c1.[HH]. The topological polar surface area (TPSA) is 80.5 Å². The van der Waals surface area contributed by atoms with E-state index in [4.69, 9.17) is 4.74 Å². The van der Waals surface area contributed by atoms with Gasteiger partial charge in [-0.15, -0.1) is 5.10 Å². The minimum absolute atomic E-state index is 0. The molecule has 8 heteroatoms. The number of esters is 1. The fraction of sp³-hybridized carbons (Fsp3) is 0.350. The summed E-state index contributed by atoms with van der Waals surface area (Å²) in [6.45, 7) is 1.02. The number of anilines is 1. The number of carbonyl (C=O) groups is 1. The highest BCUT2D eigenvalue weighted by Crippen LogP contribution is 2.29. The van der Waals surface area contributed by atoms with Gasteiger partial charge in [0.1, 0.15) is 5.82 Å². The smallest absolute Gasteiger partial charge is 0.337 e. The van der Waals surface area contributed by atoms with Crippen molar-refractivity contribution in [1.82, 2.24) is 24.4 Å². The maximum Gasteiger partial charge on any atom is 0.337 e. The van der Waals surface area contributed by atoms with E-state index in [-0.39, 0.29) is 7.40 Å². The van der Waals surface area contributed by atoms with Gasteiger partial charge in [0.25, 0.3) is 5.78 Å². The van der Waals surface area contributed by atoms with Crippen LogP contribution in [-0.4, -0.2) is 50.0 Å². The number of methoxy groups -OCH3 is 1. The van der Waals surface area contributed by atoms with Gasteiger partial charge in [-0.05, 0) is 43.2 Å². The lowest BCUT2D eigenvalue weighted by molar-refractivity contribution is 0.0601. The summed E-state index contributed by atoms with van der Waals surface area (Å²) in [5.41, 5.74) is 2.78. The van der Waals surface area contributed by atoms with Crippen molar-refractivity contribution in [3.63, 3.8) is 0 Å². The molecule has 1 fully saturated rings. The Hall–Kier alpha value is -3.29. The van der Waals surface area contributed by atoms with E-state index in [0.29, 0.717) is 11.6 Å². The first-order valence-corrected chi connectivity index (χ1v) is 9.47. The van der Waals surface area contributed by atoms with Gasteiger partial charge in [-0.3, -0.25) is 0 Å². The summed E-state index contributed by atoms with van der Waals surface area (Å²) in [6, 6.07) is 10.2. The van der Waals surface area contributed by atoms with E-state index >= 15 is 0 Å². The second-order valence-corrected chi connectivity index (χ2v) is 7.29. The minimum Gasteiger partial charge on any atom is -0.465 e. The molecule has 1 N–H and O–H groups in total. The van der Waals surface area contributed by atoms with Crippen molar-refractivity contribution in [1.29, 1.82) is 0 Å². The van der Waals surface area contributed by atoms with E-state index < -0.39 is 0 Å². The molecule has 1 aromatic carbocycles.